The topological polar surface area (TPSA) is 65.2 Å². The van der Waals surface area contributed by atoms with E-state index in [2.05, 4.69) is 20.2 Å². The number of ether oxygens (including phenoxy) is 1. The number of hydrogen-bond donors (Lipinski definition) is 0. The van der Waals surface area contributed by atoms with Crippen molar-refractivity contribution in [2.45, 2.75) is 13.8 Å². The molecule has 0 fully saturated rings. The van der Waals surface area contributed by atoms with Gasteiger partial charge in [0, 0.05) is 24.5 Å². The molecular formula is C17H12Cl2FN5O. The SMILES string of the molecule is CCOc1cc(F)cc2c1nc(C)c1nnc(-c3c(Cl)cncc3Cl)n12. The number of nitrogens with zero attached hydrogens (tertiary/aromatic N) is 5. The van der Waals surface area contributed by atoms with Gasteiger partial charge in [-0.1, -0.05) is 23.2 Å². The van der Waals surface area contributed by atoms with Crippen LogP contribution in [0.2, 0.25) is 10.0 Å². The summed E-state index contributed by atoms with van der Waals surface area (Å²) in [6.07, 6.45) is 2.93. The second kappa shape index (κ2) is 6.34. The Balaban J connectivity index is 2.18. The molecule has 0 aliphatic heterocycles. The molecule has 0 amide bonds. The summed E-state index contributed by atoms with van der Waals surface area (Å²) in [5.74, 6) is 0.263. The Labute approximate surface area is 157 Å². The van der Waals surface area contributed by atoms with Gasteiger partial charge in [0.05, 0.1) is 33.4 Å². The number of benzene rings is 1. The largest absolute Gasteiger partial charge is 0.491 e. The van der Waals surface area contributed by atoms with E-state index in [0.717, 1.165) is 0 Å². The zero-order chi connectivity index (χ0) is 18.4. The molecule has 0 bridgehead atoms. The van der Waals surface area contributed by atoms with Crippen molar-refractivity contribution in [2.24, 2.45) is 0 Å². The third kappa shape index (κ3) is 2.55. The van der Waals surface area contributed by atoms with Crippen LogP contribution >= 0.6 is 23.2 Å². The van der Waals surface area contributed by atoms with Crippen LogP contribution in [0.5, 0.6) is 5.75 Å². The number of fused-ring (bicyclic) bond motifs is 3. The van der Waals surface area contributed by atoms with Crippen LogP contribution in [0.4, 0.5) is 4.39 Å². The number of halogens is 3. The molecule has 0 saturated carbocycles. The second-order valence-electron chi connectivity index (χ2n) is 5.56. The van der Waals surface area contributed by atoms with Crippen molar-refractivity contribution in [1.82, 2.24) is 24.6 Å². The van der Waals surface area contributed by atoms with E-state index in [9.17, 15) is 4.39 Å². The molecule has 9 heteroatoms. The highest BCUT2D eigenvalue weighted by atomic mass is 35.5. The van der Waals surface area contributed by atoms with Gasteiger partial charge in [-0.2, -0.15) is 0 Å². The lowest BCUT2D eigenvalue weighted by Crippen LogP contribution is -2.02. The van der Waals surface area contributed by atoms with Crippen molar-refractivity contribution in [3.63, 3.8) is 0 Å². The molecule has 0 saturated heterocycles. The zero-order valence-corrected chi connectivity index (χ0v) is 15.3. The van der Waals surface area contributed by atoms with Gasteiger partial charge in [0.25, 0.3) is 0 Å². The summed E-state index contributed by atoms with van der Waals surface area (Å²) in [5, 5.41) is 9.03. The van der Waals surface area contributed by atoms with Crippen LogP contribution < -0.4 is 4.74 Å². The van der Waals surface area contributed by atoms with Crippen molar-refractivity contribution >= 4 is 39.9 Å². The summed E-state index contributed by atoms with van der Waals surface area (Å²) in [6.45, 7) is 4.00. The van der Waals surface area contributed by atoms with Gasteiger partial charge in [0.1, 0.15) is 17.1 Å². The maximum absolute atomic E-state index is 14.2. The molecule has 3 aromatic heterocycles. The van der Waals surface area contributed by atoms with E-state index in [1.807, 2.05) is 6.92 Å². The standard InChI is InChI=1S/C17H12Cl2FN5O/c1-3-26-13-5-9(20)4-12-15(13)22-8(2)16-23-24-17(25(12)16)14-10(18)6-21-7-11(14)19/h4-7H,3H2,1-2H3. The third-order valence-electron chi connectivity index (χ3n) is 3.90. The second-order valence-corrected chi connectivity index (χ2v) is 6.38. The molecule has 0 aliphatic rings. The molecule has 4 aromatic rings. The van der Waals surface area contributed by atoms with Crippen molar-refractivity contribution < 1.29 is 9.13 Å². The molecular weight excluding hydrogens is 380 g/mol. The lowest BCUT2D eigenvalue weighted by molar-refractivity contribution is 0.341. The predicted octanol–water partition coefficient (Wildman–Crippen LogP) is 4.49. The summed E-state index contributed by atoms with van der Waals surface area (Å²) < 4.78 is 21.5. The molecule has 0 aliphatic carbocycles. The molecule has 132 valence electrons. The average Bonchev–Trinajstić information content (AvgIpc) is 3.02. The molecule has 0 spiro atoms. The Morgan fingerprint density at radius 1 is 1.15 bits per heavy atom. The summed E-state index contributed by atoms with van der Waals surface area (Å²) in [6, 6.07) is 2.66. The first-order valence-electron chi connectivity index (χ1n) is 7.78. The van der Waals surface area contributed by atoms with E-state index >= 15 is 0 Å². The fourth-order valence-electron chi connectivity index (χ4n) is 2.86. The Kier molecular flexibility index (Phi) is 4.13. The highest BCUT2D eigenvalue weighted by Crippen LogP contribution is 2.35. The normalized spacial score (nSPS) is 11.4. The number of rotatable bonds is 3. The fraction of sp³-hybridized carbons (Fsp3) is 0.176. The van der Waals surface area contributed by atoms with Gasteiger partial charge in [-0.15, -0.1) is 10.2 Å². The first-order valence-corrected chi connectivity index (χ1v) is 8.54. The van der Waals surface area contributed by atoms with E-state index < -0.39 is 5.82 Å². The summed E-state index contributed by atoms with van der Waals surface area (Å²) in [7, 11) is 0. The monoisotopic (exact) mass is 391 g/mol. The minimum Gasteiger partial charge on any atom is -0.491 e. The van der Waals surface area contributed by atoms with E-state index in [-0.39, 0.29) is 0 Å². The smallest absolute Gasteiger partial charge is 0.183 e. The summed E-state index contributed by atoms with van der Waals surface area (Å²) >= 11 is 12.6. The molecule has 3 heterocycles. The number of pyridine rings is 1. The molecule has 0 atom stereocenters. The zero-order valence-electron chi connectivity index (χ0n) is 13.8. The maximum atomic E-state index is 14.2. The maximum Gasteiger partial charge on any atom is 0.183 e. The highest BCUT2D eigenvalue weighted by molar-refractivity contribution is 6.38. The van der Waals surface area contributed by atoms with Crippen LogP contribution in [-0.4, -0.2) is 31.2 Å². The van der Waals surface area contributed by atoms with Crippen LogP contribution in [0, 0.1) is 12.7 Å². The Hall–Kier alpha value is -2.51. The Bertz CT molecular complexity index is 1140. The number of aryl methyl sites for hydroxylation is 1. The minimum atomic E-state index is -0.459. The quantitative estimate of drug-likeness (QED) is 0.514. The molecule has 6 nitrogen and oxygen atoms in total. The molecule has 4 rings (SSSR count). The van der Waals surface area contributed by atoms with Crippen LogP contribution in [0.3, 0.4) is 0 Å². The van der Waals surface area contributed by atoms with Gasteiger partial charge < -0.3 is 4.74 Å². The predicted molar refractivity (Wildman–Crippen MR) is 97.4 cm³/mol. The van der Waals surface area contributed by atoms with Gasteiger partial charge in [-0.25, -0.2) is 9.37 Å². The van der Waals surface area contributed by atoms with Crippen molar-refractivity contribution in [3.8, 4) is 17.1 Å². The van der Waals surface area contributed by atoms with Crippen LogP contribution in [0.15, 0.2) is 24.5 Å². The van der Waals surface area contributed by atoms with Crippen molar-refractivity contribution in [3.05, 3.63) is 46.1 Å². The minimum absolute atomic E-state index is 0.316. The van der Waals surface area contributed by atoms with Gasteiger partial charge in [-0.3, -0.25) is 9.38 Å². The summed E-state index contributed by atoms with van der Waals surface area (Å²) in [4.78, 5) is 8.48. The lowest BCUT2D eigenvalue weighted by atomic mass is 10.2. The molecule has 0 unspecified atom stereocenters. The lowest BCUT2D eigenvalue weighted by Gasteiger charge is -2.12. The van der Waals surface area contributed by atoms with E-state index in [1.165, 1.54) is 24.5 Å². The van der Waals surface area contributed by atoms with E-state index in [1.54, 1.807) is 11.3 Å². The van der Waals surface area contributed by atoms with E-state index in [4.69, 9.17) is 27.9 Å². The molecule has 0 N–H and O–H groups in total. The van der Waals surface area contributed by atoms with Crippen LogP contribution in [-0.2, 0) is 0 Å². The first kappa shape index (κ1) is 16.9. The number of hydrogen-bond acceptors (Lipinski definition) is 5. The Morgan fingerprint density at radius 2 is 1.88 bits per heavy atom. The van der Waals surface area contributed by atoms with Crippen LogP contribution in [0.1, 0.15) is 12.6 Å². The third-order valence-corrected chi connectivity index (χ3v) is 4.48. The Morgan fingerprint density at radius 3 is 2.58 bits per heavy atom. The van der Waals surface area contributed by atoms with Crippen LogP contribution in [0.25, 0.3) is 28.1 Å². The first-order chi connectivity index (χ1) is 12.5. The highest BCUT2D eigenvalue weighted by Gasteiger charge is 2.21. The molecule has 0 radical (unpaired) electrons. The van der Waals surface area contributed by atoms with E-state index in [0.29, 0.717) is 56.2 Å². The number of aromatic nitrogens is 5. The van der Waals surface area contributed by atoms with Gasteiger partial charge in [0.15, 0.2) is 11.5 Å². The molecule has 26 heavy (non-hydrogen) atoms. The van der Waals surface area contributed by atoms with Crippen molar-refractivity contribution in [1.29, 1.82) is 0 Å². The van der Waals surface area contributed by atoms with Crippen molar-refractivity contribution in [2.75, 3.05) is 6.61 Å². The average molecular weight is 392 g/mol. The molecule has 1 aromatic carbocycles. The van der Waals surface area contributed by atoms with Gasteiger partial charge in [0.2, 0.25) is 0 Å². The van der Waals surface area contributed by atoms with Gasteiger partial charge >= 0.3 is 0 Å². The fourth-order valence-corrected chi connectivity index (χ4v) is 3.39. The van der Waals surface area contributed by atoms with Gasteiger partial charge in [-0.05, 0) is 13.8 Å². The summed E-state index contributed by atoms with van der Waals surface area (Å²) in [5.41, 5.74) is 2.51.